The first-order chi connectivity index (χ1) is 30.2. The van der Waals surface area contributed by atoms with Gasteiger partial charge in [0.2, 0.25) is 0 Å². The molecule has 0 aliphatic carbocycles. The fraction of sp³-hybridized carbons (Fsp3) is 0. The van der Waals surface area contributed by atoms with Crippen LogP contribution in [0.5, 0.6) is 0 Å². The van der Waals surface area contributed by atoms with E-state index in [1.54, 1.807) is 0 Å². The lowest BCUT2D eigenvalue weighted by molar-refractivity contribution is 1.18. The Morgan fingerprint density at radius 1 is 0.180 bits per heavy atom. The van der Waals surface area contributed by atoms with Crippen LogP contribution < -0.4 is 0 Å². The summed E-state index contributed by atoms with van der Waals surface area (Å²) in [5.74, 6) is 0. The molecule has 0 bridgehead atoms. The largest absolute Gasteiger partial charge is 0.309 e. The van der Waals surface area contributed by atoms with E-state index in [-0.39, 0.29) is 0 Å². The smallest absolute Gasteiger partial charge is 0.0541 e. The number of aromatic nitrogens is 1. The Morgan fingerprint density at radius 3 is 1.00 bits per heavy atom. The van der Waals surface area contributed by atoms with Gasteiger partial charge in [-0.1, -0.05) is 182 Å². The summed E-state index contributed by atoms with van der Waals surface area (Å²) in [6, 6.07) is 86.7. The fourth-order valence-corrected chi connectivity index (χ4v) is 9.59. The molecule has 0 aliphatic heterocycles. The predicted octanol–water partition coefficient (Wildman–Crippen LogP) is 16.6. The number of rotatable bonds is 6. The molecule has 0 amide bonds. The summed E-state index contributed by atoms with van der Waals surface area (Å²) in [7, 11) is 0. The summed E-state index contributed by atoms with van der Waals surface area (Å²) in [6.07, 6.45) is 0. The molecule has 0 spiro atoms. The van der Waals surface area contributed by atoms with Crippen LogP contribution >= 0.6 is 0 Å². The summed E-state index contributed by atoms with van der Waals surface area (Å²) < 4.78 is 2.43. The van der Waals surface area contributed by atoms with Gasteiger partial charge in [-0.25, -0.2) is 0 Å². The molecule has 1 nitrogen and oxygen atoms in total. The monoisotopic (exact) mass is 773 g/mol. The Morgan fingerprint density at radius 2 is 0.508 bits per heavy atom. The van der Waals surface area contributed by atoms with Gasteiger partial charge in [-0.2, -0.15) is 0 Å². The zero-order valence-electron chi connectivity index (χ0n) is 33.5. The molecular weight excluding hydrogens is 735 g/mol. The Balaban J connectivity index is 0.939. The first kappa shape index (κ1) is 35.0. The molecule has 0 saturated carbocycles. The molecule has 12 rings (SSSR count). The standard InChI is InChI=1S/C60H39N/c1-3-14-40(15-4-1)47-29-32-59-57(38-47)58-39-48(41-16-5-2-6-17-41)30-33-60(58)61(59)50-23-13-22-46(36-50)44-20-11-18-42(34-44)43-19-12-21-45(35-43)49-28-31-55-53-26-8-7-24-51(53)52-25-9-10-27-54(52)56(55)37-49/h1-39H. The van der Waals surface area contributed by atoms with E-state index < -0.39 is 0 Å². The van der Waals surface area contributed by atoms with Crippen LogP contribution in [0.15, 0.2) is 237 Å². The van der Waals surface area contributed by atoms with E-state index in [0.717, 1.165) is 5.69 Å². The van der Waals surface area contributed by atoms with Crippen molar-refractivity contribution in [1.82, 2.24) is 4.57 Å². The average Bonchev–Trinajstić information content (AvgIpc) is 3.67. The normalized spacial score (nSPS) is 11.6. The summed E-state index contributed by atoms with van der Waals surface area (Å²) >= 11 is 0. The van der Waals surface area contributed by atoms with E-state index in [1.165, 1.54) is 110 Å². The van der Waals surface area contributed by atoms with Gasteiger partial charge in [0.25, 0.3) is 0 Å². The Kier molecular flexibility index (Phi) is 8.25. The van der Waals surface area contributed by atoms with Crippen LogP contribution in [-0.2, 0) is 0 Å². The van der Waals surface area contributed by atoms with Crippen molar-refractivity contribution in [1.29, 1.82) is 0 Å². The van der Waals surface area contributed by atoms with Crippen LogP contribution in [0.25, 0.3) is 115 Å². The van der Waals surface area contributed by atoms with Gasteiger partial charge in [0, 0.05) is 16.5 Å². The van der Waals surface area contributed by atoms with Gasteiger partial charge in [-0.15, -0.1) is 0 Å². The minimum Gasteiger partial charge on any atom is -0.309 e. The topological polar surface area (TPSA) is 4.93 Å². The van der Waals surface area contributed by atoms with Gasteiger partial charge in [0.15, 0.2) is 0 Å². The van der Waals surface area contributed by atoms with Gasteiger partial charge < -0.3 is 4.57 Å². The Bertz CT molecular complexity index is 3500. The highest BCUT2D eigenvalue weighted by Crippen LogP contribution is 2.40. The zero-order chi connectivity index (χ0) is 40.3. The molecule has 284 valence electrons. The van der Waals surface area contributed by atoms with Crippen molar-refractivity contribution in [3.05, 3.63) is 237 Å². The lowest BCUT2D eigenvalue weighted by atomic mass is 9.91. The average molecular weight is 774 g/mol. The summed E-state index contributed by atoms with van der Waals surface area (Å²) in [5, 5.41) is 10.3. The van der Waals surface area contributed by atoms with Crippen molar-refractivity contribution in [2.75, 3.05) is 0 Å². The van der Waals surface area contributed by atoms with Crippen LogP contribution in [0.2, 0.25) is 0 Å². The van der Waals surface area contributed by atoms with Gasteiger partial charge in [0.1, 0.15) is 0 Å². The first-order valence-electron chi connectivity index (χ1n) is 21.1. The number of benzene rings is 11. The predicted molar refractivity (Wildman–Crippen MR) is 260 cm³/mol. The van der Waals surface area contributed by atoms with Crippen molar-refractivity contribution in [3.8, 4) is 61.3 Å². The number of fused-ring (bicyclic) bond motifs is 9. The third-order valence-electron chi connectivity index (χ3n) is 12.6. The van der Waals surface area contributed by atoms with Crippen molar-refractivity contribution >= 4 is 54.1 Å². The molecule has 11 aromatic carbocycles. The maximum atomic E-state index is 2.43. The van der Waals surface area contributed by atoms with E-state index in [1.807, 2.05) is 0 Å². The molecule has 1 aromatic heterocycles. The minimum atomic E-state index is 1.14. The number of hydrogen-bond donors (Lipinski definition) is 0. The Hall–Kier alpha value is -8.00. The third kappa shape index (κ3) is 6.02. The molecule has 0 fully saturated rings. The Labute approximate surface area is 355 Å². The first-order valence-corrected chi connectivity index (χ1v) is 21.1. The van der Waals surface area contributed by atoms with E-state index in [2.05, 4.69) is 241 Å². The van der Waals surface area contributed by atoms with Crippen LogP contribution in [-0.4, -0.2) is 4.57 Å². The molecule has 0 atom stereocenters. The lowest BCUT2D eigenvalue weighted by Gasteiger charge is -2.13. The van der Waals surface area contributed by atoms with E-state index >= 15 is 0 Å². The zero-order valence-corrected chi connectivity index (χ0v) is 33.5. The van der Waals surface area contributed by atoms with Crippen LogP contribution in [0.4, 0.5) is 0 Å². The fourth-order valence-electron chi connectivity index (χ4n) is 9.59. The molecule has 61 heavy (non-hydrogen) atoms. The minimum absolute atomic E-state index is 1.14. The molecular formula is C60H39N. The molecule has 0 aliphatic rings. The van der Waals surface area contributed by atoms with Crippen molar-refractivity contribution < 1.29 is 0 Å². The van der Waals surface area contributed by atoms with Gasteiger partial charge in [0.05, 0.1) is 11.0 Å². The second-order valence-electron chi connectivity index (χ2n) is 16.1. The van der Waals surface area contributed by atoms with Gasteiger partial charge >= 0.3 is 0 Å². The highest BCUT2D eigenvalue weighted by Gasteiger charge is 2.16. The molecule has 0 unspecified atom stereocenters. The highest BCUT2D eigenvalue weighted by molar-refractivity contribution is 6.25. The summed E-state index contributed by atoms with van der Waals surface area (Å²) in [4.78, 5) is 0. The summed E-state index contributed by atoms with van der Waals surface area (Å²) in [6.45, 7) is 0. The SMILES string of the molecule is c1ccc(-c2ccc3c(c2)c2cc(-c4ccccc4)ccc2n3-c2cccc(-c3cccc(-c4cccc(-c5ccc6c7ccccc7c7ccccc7c6c5)c4)c3)c2)cc1. The lowest BCUT2D eigenvalue weighted by Crippen LogP contribution is -1.94. The van der Waals surface area contributed by atoms with Crippen LogP contribution in [0.3, 0.4) is 0 Å². The van der Waals surface area contributed by atoms with Crippen molar-refractivity contribution in [2.24, 2.45) is 0 Å². The highest BCUT2D eigenvalue weighted by atomic mass is 15.0. The molecule has 1 heteroatoms. The molecule has 0 radical (unpaired) electrons. The maximum absolute atomic E-state index is 2.43. The summed E-state index contributed by atoms with van der Waals surface area (Å²) in [5.41, 5.74) is 15.6. The van der Waals surface area contributed by atoms with Crippen LogP contribution in [0, 0.1) is 0 Å². The molecule has 0 N–H and O–H groups in total. The molecule has 1 heterocycles. The van der Waals surface area contributed by atoms with Crippen LogP contribution in [0.1, 0.15) is 0 Å². The van der Waals surface area contributed by atoms with Gasteiger partial charge in [-0.05, 0) is 143 Å². The number of nitrogens with zero attached hydrogens (tertiary/aromatic N) is 1. The molecule has 0 saturated heterocycles. The van der Waals surface area contributed by atoms with E-state index in [4.69, 9.17) is 0 Å². The quantitative estimate of drug-likeness (QED) is 0.148. The third-order valence-corrected chi connectivity index (χ3v) is 12.6. The van der Waals surface area contributed by atoms with Gasteiger partial charge in [-0.3, -0.25) is 0 Å². The maximum Gasteiger partial charge on any atom is 0.0541 e. The van der Waals surface area contributed by atoms with E-state index in [0.29, 0.717) is 0 Å². The molecule has 12 aromatic rings. The van der Waals surface area contributed by atoms with Crippen molar-refractivity contribution in [3.63, 3.8) is 0 Å². The second-order valence-corrected chi connectivity index (χ2v) is 16.1. The van der Waals surface area contributed by atoms with Crippen molar-refractivity contribution in [2.45, 2.75) is 0 Å². The second kappa shape index (κ2) is 14.4. The van der Waals surface area contributed by atoms with E-state index in [9.17, 15) is 0 Å². The number of hydrogen-bond acceptors (Lipinski definition) is 0.